The monoisotopic (exact) mass is 342 g/mol. The second-order valence-corrected chi connectivity index (χ2v) is 5.64. The number of amides is 1. The second-order valence-electron chi connectivity index (χ2n) is 5.64. The van der Waals surface area contributed by atoms with Gasteiger partial charge in [-0.25, -0.2) is 4.39 Å². The summed E-state index contributed by atoms with van der Waals surface area (Å²) in [6, 6.07) is 8.38. The maximum absolute atomic E-state index is 13.2. The molecule has 0 aliphatic heterocycles. The van der Waals surface area contributed by atoms with Crippen LogP contribution in [0.5, 0.6) is 0 Å². The number of aliphatic hydroxyl groups excluding tert-OH is 1. The average Bonchev–Trinajstić information content (AvgIpc) is 2.65. The summed E-state index contributed by atoms with van der Waals surface area (Å²) in [5.41, 5.74) is 7.58. The van der Waals surface area contributed by atoms with Crippen LogP contribution in [0.4, 0.5) is 10.2 Å². The number of nitrogens with zero attached hydrogens (tertiary/aromatic N) is 2. The van der Waals surface area contributed by atoms with E-state index in [-0.39, 0.29) is 0 Å². The van der Waals surface area contributed by atoms with Gasteiger partial charge < -0.3 is 21.0 Å². The largest absolute Gasteiger partial charge is 0.386 e. The zero-order valence-corrected chi connectivity index (χ0v) is 13.7. The Labute approximate surface area is 145 Å². The number of hydrogen-bond donors (Lipinski definition) is 3. The minimum absolute atomic E-state index is 0.312. The van der Waals surface area contributed by atoms with E-state index in [0.717, 1.165) is 11.1 Å². The fourth-order valence-electron chi connectivity index (χ4n) is 2.24. The van der Waals surface area contributed by atoms with Crippen molar-refractivity contribution in [3.8, 4) is 11.1 Å². The quantitative estimate of drug-likeness (QED) is 0.701. The van der Waals surface area contributed by atoms with Crippen molar-refractivity contribution < 1.29 is 14.3 Å². The number of hydrogen-bond acceptors (Lipinski definition) is 4. The van der Waals surface area contributed by atoms with Gasteiger partial charge in [0.15, 0.2) is 0 Å². The number of halogens is 1. The van der Waals surface area contributed by atoms with Crippen LogP contribution < -0.4 is 11.1 Å². The number of carbonyl (C=O) groups is 1. The van der Waals surface area contributed by atoms with E-state index in [4.69, 9.17) is 12.3 Å². The van der Waals surface area contributed by atoms with E-state index < -0.39 is 30.8 Å². The molecular weight excluding hydrogens is 323 g/mol. The molecule has 2 rings (SSSR count). The van der Waals surface area contributed by atoms with Crippen molar-refractivity contribution in [3.05, 3.63) is 59.6 Å². The molecule has 0 saturated carbocycles. The van der Waals surface area contributed by atoms with Crippen molar-refractivity contribution in [1.29, 1.82) is 0 Å². The first-order valence-corrected chi connectivity index (χ1v) is 7.70. The minimum Gasteiger partial charge on any atom is -0.386 e. The summed E-state index contributed by atoms with van der Waals surface area (Å²) in [4.78, 5) is 18.8. The zero-order valence-electron chi connectivity index (χ0n) is 13.7. The highest BCUT2D eigenvalue weighted by Crippen LogP contribution is 2.24. The Balaban J connectivity index is 2.14. The summed E-state index contributed by atoms with van der Waals surface area (Å²) >= 11 is 0. The van der Waals surface area contributed by atoms with Crippen LogP contribution in [0.3, 0.4) is 0 Å². The molecule has 1 heterocycles. The first kappa shape index (κ1) is 18.5. The standard InChI is InChI=1S/C18H19FN4O2/c1-11(20)18(25)23-15(9-19)17(24)13-5-3-12(4-6-13)14-7-8-16(21-2)22-10-14/h3-8,10-11,15,17,24H,9,20H2,1H3,(H,23,25)/t11-,15-,17-/m1/s1. The van der Waals surface area contributed by atoms with E-state index in [2.05, 4.69) is 15.1 Å². The molecule has 0 unspecified atom stereocenters. The molecule has 0 radical (unpaired) electrons. The lowest BCUT2D eigenvalue weighted by atomic mass is 9.99. The predicted octanol–water partition coefficient (Wildman–Crippen LogP) is 2.13. The van der Waals surface area contributed by atoms with Crippen LogP contribution in [0, 0.1) is 6.57 Å². The predicted molar refractivity (Wildman–Crippen MR) is 92.4 cm³/mol. The summed E-state index contributed by atoms with van der Waals surface area (Å²) in [5.74, 6) is -0.212. The van der Waals surface area contributed by atoms with Gasteiger partial charge in [-0.05, 0) is 24.1 Å². The van der Waals surface area contributed by atoms with Crippen molar-refractivity contribution in [2.45, 2.75) is 25.1 Å². The number of nitrogens with one attached hydrogen (secondary N) is 1. The molecular formula is C18H19FN4O2. The number of aliphatic hydroxyl groups is 1. The number of rotatable bonds is 6. The Kier molecular flexibility index (Phi) is 6.17. The Hall–Kier alpha value is -2.82. The van der Waals surface area contributed by atoms with E-state index in [1.54, 1.807) is 42.6 Å². The fourth-order valence-corrected chi connectivity index (χ4v) is 2.24. The molecule has 3 atom stereocenters. The summed E-state index contributed by atoms with van der Waals surface area (Å²) in [5, 5.41) is 12.7. The molecule has 6 nitrogen and oxygen atoms in total. The van der Waals surface area contributed by atoms with E-state index in [1.165, 1.54) is 6.92 Å². The topological polar surface area (TPSA) is 92.6 Å². The van der Waals surface area contributed by atoms with Gasteiger partial charge in [0.2, 0.25) is 5.91 Å². The second kappa shape index (κ2) is 8.33. The zero-order chi connectivity index (χ0) is 18.4. The Bertz CT molecular complexity index is 754. The van der Waals surface area contributed by atoms with Crippen LogP contribution in [0.25, 0.3) is 16.0 Å². The fraction of sp³-hybridized carbons (Fsp3) is 0.278. The molecule has 0 aliphatic carbocycles. The van der Waals surface area contributed by atoms with Crippen LogP contribution in [-0.4, -0.2) is 34.8 Å². The molecule has 1 amide bonds. The molecule has 0 spiro atoms. The van der Waals surface area contributed by atoms with Gasteiger partial charge in [0.05, 0.1) is 12.1 Å². The summed E-state index contributed by atoms with van der Waals surface area (Å²) in [6.45, 7) is 7.47. The van der Waals surface area contributed by atoms with Gasteiger partial charge in [-0.1, -0.05) is 36.9 Å². The van der Waals surface area contributed by atoms with E-state index in [1.807, 2.05) is 0 Å². The molecule has 4 N–H and O–H groups in total. The van der Waals surface area contributed by atoms with Crippen LogP contribution >= 0.6 is 0 Å². The van der Waals surface area contributed by atoms with Crippen molar-refractivity contribution >= 4 is 11.7 Å². The molecule has 1 aromatic carbocycles. The molecule has 130 valence electrons. The lowest BCUT2D eigenvalue weighted by Gasteiger charge is -2.23. The van der Waals surface area contributed by atoms with Gasteiger partial charge in [0.25, 0.3) is 5.82 Å². The van der Waals surface area contributed by atoms with Crippen LogP contribution in [-0.2, 0) is 4.79 Å². The summed E-state index contributed by atoms with van der Waals surface area (Å²) in [7, 11) is 0. The van der Waals surface area contributed by atoms with Gasteiger partial charge in [-0.15, -0.1) is 4.98 Å². The molecule has 2 aromatic rings. The SMILES string of the molecule is [C-]#[N+]c1ccc(-c2ccc([C@@H](O)[C@@H](CF)NC(=O)[C@@H](C)N)cc2)cn1. The highest BCUT2D eigenvalue weighted by Gasteiger charge is 2.24. The number of alkyl halides is 1. The number of benzene rings is 1. The Morgan fingerprint density at radius 1 is 1.32 bits per heavy atom. The van der Waals surface area contributed by atoms with Crippen molar-refractivity contribution in [1.82, 2.24) is 10.3 Å². The Morgan fingerprint density at radius 3 is 2.44 bits per heavy atom. The molecule has 0 aliphatic rings. The lowest BCUT2D eigenvalue weighted by Crippen LogP contribution is -2.47. The highest BCUT2D eigenvalue weighted by molar-refractivity contribution is 5.81. The Morgan fingerprint density at radius 2 is 1.96 bits per heavy atom. The van der Waals surface area contributed by atoms with Gasteiger partial charge in [-0.3, -0.25) is 4.79 Å². The van der Waals surface area contributed by atoms with Gasteiger partial charge in [-0.2, -0.15) is 0 Å². The van der Waals surface area contributed by atoms with Gasteiger partial charge >= 0.3 is 0 Å². The first-order chi connectivity index (χ1) is 12.0. The van der Waals surface area contributed by atoms with E-state index in [9.17, 15) is 14.3 Å². The molecule has 1 aromatic heterocycles. The molecule has 0 fully saturated rings. The van der Waals surface area contributed by atoms with Crippen molar-refractivity contribution in [3.63, 3.8) is 0 Å². The molecule has 7 heteroatoms. The van der Waals surface area contributed by atoms with Crippen molar-refractivity contribution in [2.75, 3.05) is 6.67 Å². The lowest BCUT2D eigenvalue weighted by molar-refractivity contribution is -0.123. The maximum Gasteiger partial charge on any atom is 0.269 e. The average molecular weight is 342 g/mol. The highest BCUT2D eigenvalue weighted by atomic mass is 19.1. The van der Waals surface area contributed by atoms with Crippen LogP contribution in [0.1, 0.15) is 18.6 Å². The summed E-state index contributed by atoms with van der Waals surface area (Å²) < 4.78 is 13.2. The number of carbonyl (C=O) groups excluding carboxylic acids is 1. The smallest absolute Gasteiger partial charge is 0.269 e. The van der Waals surface area contributed by atoms with E-state index in [0.29, 0.717) is 11.4 Å². The van der Waals surface area contributed by atoms with Gasteiger partial charge in [0.1, 0.15) is 19.0 Å². The minimum atomic E-state index is -1.19. The normalized spacial score (nSPS) is 14.2. The first-order valence-electron chi connectivity index (χ1n) is 7.70. The number of pyridine rings is 1. The third-order valence-corrected chi connectivity index (χ3v) is 3.74. The molecule has 25 heavy (non-hydrogen) atoms. The molecule has 0 bridgehead atoms. The molecule has 0 saturated heterocycles. The number of nitrogens with two attached hydrogens (primary N) is 1. The third-order valence-electron chi connectivity index (χ3n) is 3.74. The van der Waals surface area contributed by atoms with Crippen LogP contribution in [0.2, 0.25) is 0 Å². The third kappa shape index (κ3) is 4.59. The van der Waals surface area contributed by atoms with E-state index >= 15 is 0 Å². The summed E-state index contributed by atoms with van der Waals surface area (Å²) in [6.07, 6.45) is 0.399. The van der Waals surface area contributed by atoms with Crippen molar-refractivity contribution in [2.24, 2.45) is 5.73 Å². The van der Waals surface area contributed by atoms with Crippen LogP contribution in [0.15, 0.2) is 42.6 Å². The van der Waals surface area contributed by atoms with Gasteiger partial charge in [0, 0.05) is 5.56 Å². The number of aromatic nitrogens is 1. The maximum atomic E-state index is 13.2.